The van der Waals surface area contributed by atoms with Crippen molar-refractivity contribution in [3.63, 3.8) is 0 Å². The van der Waals surface area contributed by atoms with E-state index in [0.29, 0.717) is 17.5 Å². The molecule has 1 amide bonds. The second-order valence-electron chi connectivity index (χ2n) is 5.08. The average Bonchev–Trinajstić information content (AvgIpc) is 2.52. The first-order chi connectivity index (χ1) is 9.76. The molecule has 2 rings (SSSR count). The first-order valence-corrected chi connectivity index (χ1v) is 7.28. The number of pyridine rings is 1. The van der Waals surface area contributed by atoms with Gasteiger partial charge in [0.1, 0.15) is 5.56 Å². The molecule has 0 spiro atoms. The maximum atomic E-state index is 12.5. The van der Waals surface area contributed by atoms with E-state index in [1.807, 2.05) is 4.90 Å². The SMILES string of the molecule is CCCNC1CCN(C(=O)c2cccnc2OC)CC1. The van der Waals surface area contributed by atoms with E-state index in [-0.39, 0.29) is 5.91 Å². The summed E-state index contributed by atoms with van der Waals surface area (Å²) in [5, 5.41) is 3.52. The third-order valence-electron chi connectivity index (χ3n) is 3.66. The van der Waals surface area contributed by atoms with E-state index in [4.69, 9.17) is 4.74 Å². The Balaban J connectivity index is 1.94. The van der Waals surface area contributed by atoms with Crippen LogP contribution in [0.15, 0.2) is 18.3 Å². The third-order valence-corrected chi connectivity index (χ3v) is 3.66. The van der Waals surface area contributed by atoms with Gasteiger partial charge in [0.05, 0.1) is 7.11 Å². The Bertz CT molecular complexity index is 442. The van der Waals surface area contributed by atoms with Gasteiger partial charge in [0.15, 0.2) is 0 Å². The highest BCUT2D eigenvalue weighted by Crippen LogP contribution is 2.19. The lowest BCUT2D eigenvalue weighted by molar-refractivity contribution is 0.0701. The van der Waals surface area contributed by atoms with Crippen molar-refractivity contribution < 1.29 is 9.53 Å². The molecule has 0 saturated carbocycles. The Morgan fingerprint density at radius 1 is 1.50 bits per heavy atom. The van der Waals surface area contributed by atoms with Crippen LogP contribution in [-0.2, 0) is 0 Å². The van der Waals surface area contributed by atoms with Crippen molar-refractivity contribution in [3.8, 4) is 5.88 Å². The highest BCUT2D eigenvalue weighted by atomic mass is 16.5. The van der Waals surface area contributed by atoms with E-state index in [1.54, 1.807) is 25.4 Å². The molecule has 0 radical (unpaired) electrons. The Hall–Kier alpha value is -1.62. The van der Waals surface area contributed by atoms with E-state index < -0.39 is 0 Å². The van der Waals surface area contributed by atoms with Crippen LogP contribution >= 0.6 is 0 Å². The molecular weight excluding hydrogens is 254 g/mol. The summed E-state index contributed by atoms with van der Waals surface area (Å²) in [6.07, 6.45) is 4.80. The van der Waals surface area contributed by atoms with Gasteiger partial charge in [-0.2, -0.15) is 0 Å². The molecule has 2 heterocycles. The normalized spacial score (nSPS) is 16.2. The van der Waals surface area contributed by atoms with Crippen molar-refractivity contribution in [2.24, 2.45) is 0 Å². The predicted molar refractivity (Wildman–Crippen MR) is 78.0 cm³/mol. The molecule has 1 aliphatic heterocycles. The number of aromatic nitrogens is 1. The van der Waals surface area contributed by atoms with Crippen molar-refractivity contribution in [2.45, 2.75) is 32.2 Å². The number of hydrogen-bond acceptors (Lipinski definition) is 4. The van der Waals surface area contributed by atoms with Crippen molar-refractivity contribution in [1.29, 1.82) is 0 Å². The third kappa shape index (κ3) is 3.48. The molecule has 1 saturated heterocycles. The van der Waals surface area contributed by atoms with Gasteiger partial charge in [-0.3, -0.25) is 4.79 Å². The van der Waals surface area contributed by atoms with Gasteiger partial charge in [-0.1, -0.05) is 6.92 Å². The largest absolute Gasteiger partial charge is 0.480 e. The average molecular weight is 277 g/mol. The number of hydrogen-bond donors (Lipinski definition) is 1. The summed E-state index contributed by atoms with van der Waals surface area (Å²) in [6.45, 7) is 4.80. The molecule has 1 fully saturated rings. The topological polar surface area (TPSA) is 54.5 Å². The molecule has 0 unspecified atom stereocenters. The molecule has 1 aliphatic rings. The monoisotopic (exact) mass is 277 g/mol. The number of likely N-dealkylation sites (tertiary alicyclic amines) is 1. The zero-order valence-corrected chi connectivity index (χ0v) is 12.3. The zero-order chi connectivity index (χ0) is 14.4. The van der Waals surface area contributed by atoms with Gasteiger partial charge in [0, 0.05) is 25.3 Å². The van der Waals surface area contributed by atoms with Crippen LogP contribution in [0.25, 0.3) is 0 Å². The van der Waals surface area contributed by atoms with Crippen molar-refractivity contribution in [3.05, 3.63) is 23.9 Å². The van der Waals surface area contributed by atoms with Gasteiger partial charge < -0.3 is 15.0 Å². The van der Waals surface area contributed by atoms with Crippen LogP contribution in [0.4, 0.5) is 0 Å². The fourth-order valence-electron chi connectivity index (χ4n) is 2.52. The van der Waals surface area contributed by atoms with E-state index in [1.165, 1.54) is 0 Å². The molecule has 1 N–H and O–H groups in total. The number of methoxy groups -OCH3 is 1. The first kappa shape index (κ1) is 14.8. The summed E-state index contributed by atoms with van der Waals surface area (Å²) in [6, 6.07) is 4.08. The molecular formula is C15H23N3O2. The summed E-state index contributed by atoms with van der Waals surface area (Å²) < 4.78 is 5.16. The van der Waals surface area contributed by atoms with Crippen LogP contribution < -0.4 is 10.1 Å². The summed E-state index contributed by atoms with van der Waals surface area (Å²) in [7, 11) is 1.54. The number of rotatable bonds is 5. The Morgan fingerprint density at radius 2 is 2.25 bits per heavy atom. The lowest BCUT2D eigenvalue weighted by Gasteiger charge is -2.32. The Morgan fingerprint density at radius 3 is 2.90 bits per heavy atom. The number of piperidine rings is 1. The fraction of sp³-hybridized carbons (Fsp3) is 0.600. The Kier molecular flexibility index (Phi) is 5.35. The predicted octanol–water partition coefficient (Wildman–Crippen LogP) is 1.69. The summed E-state index contributed by atoms with van der Waals surface area (Å²) in [5.41, 5.74) is 0.551. The molecule has 0 aromatic carbocycles. The molecule has 5 nitrogen and oxygen atoms in total. The lowest BCUT2D eigenvalue weighted by atomic mass is 10.0. The highest BCUT2D eigenvalue weighted by molar-refractivity contribution is 5.96. The number of ether oxygens (including phenoxy) is 1. The maximum absolute atomic E-state index is 12.5. The second-order valence-corrected chi connectivity index (χ2v) is 5.08. The zero-order valence-electron chi connectivity index (χ0n) is 12.3. The molecule has 110 valence electrons. The van der Waals surface area contributed by atoms with Gasteiger partial charge >= 0.3 is 0 Å². The summed E-state index contributed by atoms with van der Waals surface area (Å²) in [5.74, 6) is 0.424. The van der Waals surface area contributed by atoms with Gasteiger partial charge in [0.2, 0.25) is 5.88 Å². The van der Waals surface area contributed by atoms with Crippen LogP contribution in [0.3, 0.4) is 0 Å². The minimum Gasteiger partial charge on any atom is -0.480 e. The van der Waals surface area contributed by atoms with Gasteiger partial charge in [0.25, 0.3) is 5.91 Å². The molecule has 1 aromatic rings. The van der Waals surface area contributed by atoms with Crippen molar-refractivity contribution in [2.75, 3.05) is 26.7 Å². The van der Waals surface area contributed by atoms with Crippen molar-refractivity contribution >= 4 is 5.91 Å². The quantitative estimate of drug-likeness (QED) is 0.890. The van der Waals surface area contributed by atoms with E-state index >= 15 is 0 Å². The number of nitrogens with one attached hydrogen (secondary N) is 1. The van der Waals surface area contributed by atoms with Crippen molar-refractivity contribution in [1.82, 2.24) is 15.2 Å². The van der Waals surface area contributed by atoms with Gasteiger partial charge in [-0.15, -0.1) is 0 Å². The number of carbonyl (C=O) groups is 1. The fourth-order valence-corrected chi connectivity index (χ4v) is 2.52. The lowest BCUT2D eigenvalue weighted by Crippen LogP contribution is -2.45. The molecule has 5 heteroatoms. The smallest absolute Gasteiger partial charge is 0.259 e. The molecule has 1 aromatic heterocycles. The standard InChI is InChI=1S/C15H23N3O2/c1-3-8-16-12-6-10-18(11-7-12)15(19)13-5-4-9-17-14(13)20-2/h4-5,9,12,16H,3,6-8,10-11H2,1-2H3. The number of amides is 1. The first-order valence-electron chi connectivity index (χ1n) is 7.28. The number of nitrogens with zero attached hydrogens (tertiary/aromatic N) is 2. The van der Waals surface area contributed by atoms with Crippen LogP contribution in [-0.4, -0.2) is 48.6 Å². The minimum atomic E-state index is 0.0175. The number of carbonyl (C=O) groups excluding carboxylic acids is 1. The van der Waals surface area contributed by atoms with Crippen LogP contribution in [0.2, 0.25) is 0 Å². The van der Waals surface area contributed by atoms with Gasteiger partial charge in [-0.05, 0) is 37.9 Å². The second kappa shape index (κ2) is 7.24. The molecule has 0 bridgehead atoms. The van der Waals surface area contributed by atoms with E-state index in [2.05, 4.69) is 17.2 Å². The summed E-state index contributed by atoms with van der Waals surface area (Å²) in [4.78, 5) is 18.5. The van der Waals surface area contributed by atoms with Crippen LogP contribution in [0.1, 0.15) is 36.5 Å². The van der Waals surface area contributed by atoms with Crippen LogP contribution in [0, 0.1) is 0 Å². The molecule has 0 atom stereocenters. The maximum Gasteiger partial charge on any atom is 0.259 e. The minimum absolute atomic E-state index is 0.0175. The van der Waals surface area contributed by atoms with Gasteiger partial charge in [-0.25, -0.2) is 4.98 Å². The van der Waals surface area contributed by atoms with E-state index in [9.17, 15) is 4.79 Å². The van der Waals surface area contributed by atoms with Crippen LogP contribution in [0.5, 0.6) is 5.88 Å². The van der Waals surface area contributed by atoms with E-state index in [0.717, 1.165) is 38.9 Å². The molecule has 0 aliphatic carbocycles. The summed E-state index contributed by atoms with van der Waals surface area (Å²) >= 11 is 0. The Labute approximate surface area is 120 Å². The molecule has 20 heavy (non-hydrogen) atoms. The highest BCUT2D eigenvalue weighted by Gasteiger charge is 2.25.